The van der Waals surface area contributed by atoms with E-state index in [2.05, 4.69) is 30.6 Å². The fourth-order valence-corrected chi connectivity index (χ4v) is 3.74. The third kappa shape index (κ3) is 6.14. The van der Waals surface area contributed by atoms with Crippen LogP contribution in [0.15, 0.2) is 59.6 Å². The Hall–Kier alpha value is -4.04. The lowest BCUT2D eigenvalue weighted by molar-refractivity contribution is -0.115. The van der Waals surface area contributed by atoms with E-state index >= 15 is 0 Å². The fraction of sp³-hybridized carbons (Fsp3) is 0.182. The Balaban J connectivity index is 1.66. The van der Waals surface area contributed by atoms with Gasteiger partial charge in [0.1, 0.15) is 12.1 Å². The minimum Gasteiger partial charge on any atom is -0.481 e. The molecular weight excluding hydrogens is 499 g/mol. The molecule has 0 unspecified atom stereocenters. The maximum Gasteiger partial charge on any atom is 0.405 e. The van der Waals surface area contributed by atoms with Gasteiger partial charge in [-0.1, -0.05) is 12.1 Å². The van der Waals surface area contributed by atoms with Crippen molar-refractivity contribution in [3.05, 3.63) is 60.3 Å². The summed E-state index contributed by atoms with van der Waals surface area (Å²) in [7, 11) is -2.36. The van der Waals surface area contributed by atoms with Crippen LogP contribution in [0.1, 0.15) is 5.56 Å². The van der Waals surface area contributed by atoms with Crippen molar-refractivity contribution < 1.29 is 26.3 Å². The van der Waals surface area contributed by atoms with Crippen molar-refractivity contribution >= 4 is 32.8 Å². The summed E-state index contributed by atoms with van der Waals surface area (Å²) in [6.07, 6.45) is -2.95. The first-order chi connectivity index (χ1) is 17.0. The maximum absolute atomic E-state index is 12.9. The minimum atomic E-state index is -4.48. The Morgan fingerprint density at radius 3 is 2.42 bits per heavy atom. The molecule has 10 nitrogen and oxygen atoms in total. The van der Waals surface area contributed by atoms with Crippen molar-refractivity contribution in [1.82, 2.24) is 19.9 Å². The van der Waals surface area contributed by atoms with Gasteiger partial charge in [0.15, 0.2) is 5.82 Å². The number of nitrogens with one attached hydrogen (secondary N) is 2. The molecule has 0 bridgehead atoms. The van der Waals surface area contributed by atoms with Crippen molar-refractivity contribution in [3.63, 3.8) is 0 Å². The van der Waals surface area contributed by atoms with Crippen LogP contribution >= 0.6 is 0 Å². The van der Waals surface area contributed by atoms with Gasteiger partial charge in [0, 0.05) is 24.4 Å². The molecule has 4 rings (SSSR count). The number of methoxy groups -OCH3 is 1. The minimum absolute atomic E-state index is 0.0412. The molecule has 0 aliphatic rings. The molecule has 0 radical (unpaired) electrons. The summed E-state index contributed by atoms with van der Waals surface area (Å²) < 4.78 is 66.8. The van der Waals surface area contributed by atoms with Gasteiger partial charge >= 0.3 is 6.18 Å². The third-order valence-electron chi connectivity index (χ3n) is 4.94. The van der Waals surface area contributed by atoms with Gasteiger partial charge in [-0.05, 0) is 35.9 Å². The zero-order valence-electron chi connectivity index (χ0n) is 18.7. The average molecular weight is 520 g/mol. The van der Waals surface area contributed by atoms with Gasteiger partial charge in [-0.3, -0.25) is 0 Å². The van der Waals surface area contributed by atoms with Crippen LogP contribution in [0, 0.1) is 0 Å². The van der Waals surface area contributed by atoms with Gasteiger partial charge in [-0.15, -0.1) is 0 Å². The second-order valence-electron chi connectivity index (χ2n) is 7.56. The van der Waals surface area contributed by atoms with Crippen LogP contribution < -0.4 is 20.5 Å². The van der Waals surface area contributed by atoms with E-state index in [1.165, 1.54) is 25.4 Å². The summed E-state index contributed by atoms with van der Waals surface area (Å²) in [5.74, 6) is 0.313. The molecule has 14 heteroatoms. The molecule has 3 aromatic heterocycles. The molecule has 0 fully saturated rings. The Morgan fingerprint density at radius 2 is 1.75 bits per heavy atom. The number of ether oxygens (including phenoxy) is 1. The number of primary sulfonamides is 1. The van der Waals surface area contributed by atoms with E-state index in [0.29, 0.717) is 28.2 Å². The number of pyridine rings is 2. The molecular formula is C22H20F3N7O3S. The summed E-state index contributed by atoms with van der Waals surface area (Å²) in [4.78, 5) is 17.0. The number of sulfonamides is 1. The largest absolute Gasteiger partial charge is 0.481 e. The van der Waals surface area contributed by atoms with Crippen LogP contribution in [-0.2, 0) is 16.6 Å². The van der Waals surface area contributed by atoms with Crippen LogP contribution in [0.25, 0.3) is 22.3 Å². The van der Waals surface area contributed by atoms with E-state index in [1.54, 1.807) is 36.4 Å². The lowest BCUT2D eigenvalue weighted by Gasteiger charge is -2.14. The number of aromatic nitrogens is 4. The van der Waals surface area contributed by atoms with Crippen molar-refractivity contribution in [1.29, 1.82) is 0 Å². The Labute approximate surface area is 203 Å². The van der Waals surface area contributed by atoms with Gasteiger partial charge in [-0.25, -0.2) is 28.5 Å². The molecule has 0 atom stereocenters. The Bertz CT molecular complexity index is 1500. The van der Waals surface area contributed by atoms with E-state index in [-0.39, 0.29) is 28.7 Å². The summed E-state index contributed by atoms with van der Waals surface area (Å²) in [5, 5.41) is 10.3. The second-order valence-corrected chi connectivity index (χ2v) is 9.12. The highest BCUT2D eigenvalue weighted by Crippen LogP contribution is 2.27. The molecule has 36 heavy (non-hydrogen) atoms. The monoisotopic (exact) mass is 519 g/mol. The molecule has 188 valence electrons. The van der Waals surface area contributed by atoms with Gasteiger partial charge in [-0.2, -0.15) is 18.2 Å². The number of halogens is 3. The molecule has 0 amide bonds. The maximum atomic E-state index is 12.9. The lowest BCUT2D eigenvalue weighted by atomic mass is 10.1. The molecule has 1 aromatic carbocycles. The number of nitrogens with zero attached hydrogens (tertiary/aromatic N) is 4. The lowest BCUT2D eigenvalue weighted by Crippen LogP contribution is -2.22. The molecule has 4 N–H and O–H groups in total. The van der Waals surface area contributed by atoms with Crippen LogP contribution in [0.5, 0.6) is 5.88 Å². The van der Waals surface area contributed by atoms with Gasteiger partial charge in [0.05, 0.1) is 23.2 Å². The normalized spacial score (nSPS) is 11.9. The molecule has 0 aliphatic heterocycles. The number of hydrogen-bond donors (Lipinski definition) is 3. The topological polar surface area (TPSA) is 145 Å². The number of anilines is 2. The van der Waals surface area contributed by atoms with Crippen molar-refractivity contribution in [2.45, 2.75) is 17.6 Å². The Morgan fingerprint density at radius 1 is 1.00 bits per heavy atom. The predicted octanol–water partition coefficient (Wildman–Crippen LogP) is 3.33. The number of alkyl halides is 3. The van der Waals surface area contributed by atoms with Crippen LogP contribution in [0.3, 0.4) is 0 Å². The van der Waals surface area contributed by atoms with Crippen molar-refractivity contribution in [2.24, 2.45) is 5.14 Å². The van der Waals surface area contributed by atoms with Crippen molar-refractivity contribution in [3.8, 4) is 17.1 Å². The second kappa shape index (κ2) is 9.91. The van der Waals surface area contributed by atoms with Gasteiger partial charge < -0.3 is 15.4 Å². The first-order valence-corrected chi connectivity index (χ1v) is 11.9. The Kier molecular flexibility index (Phi) is 6.90. The average Bonchev–Trinajstić information content (AvgIpc) is 2.85. The molecule has 0 aliphatic carbocycles. The fourth-order valence-electron chi connectivity index (χ4n) is 3.22. The highest BCUT2D eigenvalue weighted by molar-refractivity contribution is 7.89. The van der Waals surface area contributed by atoms with Crippen molar-refractivity contribution in [2.75, 3.05) is 24.3 Å². The summed E-state index contributed by atoms with van der Waals surface area (Å²) in [6, 6.07) is 12.4. The van der Waals surface area contributed by atoms with Crippen LogP contribution in [-0.4, -0.2) is 48.2 Å². The zero-order valence-corrected chi connectivity index (χ0v) is 19.6. The molecule has 0 spiro atoms. The van der Waals surface area contributed by atoms with Crippen LogP contribution in [0.2, 0.25) is 0 Å². The highest BCUT2D eigenvalue weighted by Gasteiger charge is 2.27. The first-order valence-electron chi connectivity index (χ1n) is 10.4. The van der Waals surface area contributed by atoms with E-state index in [1.807, 2.05) is 0 Å². The van der Waals surface area contributed by atoms with E-state index in [4.69, 9.17) is 9.88 Å². The number of nitrogens with two attached hydrogens (primary N) is 1. The molecule has 0 saturated carbocycles. The first kappa shape index (κ1) is 25.1. The molecule has 4 aromatic rings. The SMILES string of the molecule is COc1cc(-c2ccc3nc(NCc4ccc(S(N)(=O)=O)cc4)nc(NCC(F)(F)F)c3n2)ccn1. The van der Waals surface area contributed by atoms with E-state index in [0.717, 1.165) is 0 Å². The summed E-state index contributed by atoms with van der Waals surface area (Å²) in [5.41, 5.74) is 2.26. The van der Waals surface area contributed by atoms with Crippen LogP contribution in [0.4, 0.5) is 24.9 Å². The molecule has 0 saturated heterocycles. The molecule has 3 heterocycles. The third-order valence-corrected chi connectivity index (χ3v) is 5.87. The number of benzene rings is 1. The highest BCUT2D eigenvalue weighted by atomic mass is 32.2. The smallest absolute Gasteiger partial charge is 0.405 e. The summed E-state index contributed by atoms with van der Waals surface area (Å²) >= 11 is 0. The van der Waals surface area contributed by atoms with Gasteiger partial charge in [0.2, 0.25) is 21.9 Å². The number of rotatable bonds is 8. The van der Waals surface area contributed by atoms with Gasteiger partial charge in [0.25, 0.3) is 0 Å². The van der Waals surface area contributed by atoms with E-state index in [9.17, 15) is 21.6 Å². The standard InChI is InChI=1S/C22H20F3N7O3S/c1-35-18-10-14(8-9-27-18)16-6-7-17-19(30-16)20(29-12-22(23,24)25)32-21(31-17)28-11-13-2-4-15(5-3-13)36(26,33)34/h2-10H,11-12H2,1H3,(H2,26,33,34)(H2,28,29,31,32). The predicted molar refractivity (Wildman–Crippen MR) is 127 cm³/mol. The number of fused-ring (bicyclic) bond motifs is 1. The zero-order chi connectivity index (χ0) is 25.9. The summed E-state index contributed by atoms with van der Waals surface area (Å²) in [6.45, 7) is -1.14. The number of hydrogen-bond acceptors (Lipinski definition) is 9. The quantitative estimate of drug-likeness (QED) is 0.319. The van der Waals surface area contributed by atoms with E-state index < -0.39 is 22.7 Å².